The van der Waals surface area contributed by atoms with Crippen molar-refractivity contribution in [1.82, 2.24) is 9.38 Å². The van der Waals surface area contributed by atoms with Crippen LogP contribution in [0.25, 0.3) is 4.96 Å². The van der Waals surface area contributed by atoms with Crippen LogP contribution in [0.1, 0.15) is 32.4 Å². The van der Waals surface area contributed by atoms with Crippen LogP contribution in [0, 0.1) is 5.92 Å². The molecule has 3 rings (SSSR count). The van der Waals surface area contributed by atoms with Gasteiger partial charge in [0.15, 0.2) is 10.8 Å². The molecule has 98 valence electrons. The smallest absolute Gasteiger partial charge is 0.195 e. The maximum absolute atomic E-state index is 5.92. The van der Waals surface area contributed by atoms with Crippen molar-refractivity contribution in [3.8, 4) is 0 Å². The fourth-order valence-corrected chi connectivity index (χ4v) is 3.55. The molecule has 1 saturated heterocycles. The lowest BCUT2D eigenvalue weighted by molar-refractivity contribution is 0.388. The number of nitrogens with two attached hydrogens (primary N) is 1. The summed E-state index contributed by atoms with van der Waals surface area (Å²) in [5.74, 6) is 1.84. The van der Waals surface area contributed by atoms with E-state index in [-0.39, 0.29) is 0 Å². The van der Waals surface area contributed by atoms with Crippen molar-refractivity contribution in [1.29, 1.82) is 0 Å². The van der Waals surface area contributed by atoms with Crippen molar-refractivity contribution in [3.05, 3.63) is 17.3 Å². The van der Waals surface area contributed by atoms with Crippen molar-refractivity contribution >= 4 is 22.1 Å². The number of nitrogens with zero attached hydrogens (tertiary/aromatic N) is 3. The van der Waals surface area contributed by atoms with Gasteiger partial charge in [0.1, 0.15) is 0 Å². The molecule has 5 heteroatoms. The van der Waals surface area contributed by atoms with Gasteiger partial charge in [-0.15, -0.1) is 11.3 Å². The summed E-state index contributed by atoms with van der Waals surface area (Å²) in [7, 11) is 0. The SMILES string of the molecule is CC1CCC(C)N(c2nc3sccn3c2CN)C1. The van der Waals surface area contributed by atoms with E-state index in [1.807, 2.05) is 0 Å². The first-order chi connectivity index (χ1) is 8.70. The Morgan fingerprint density at radius 2 is 2.28 bits per heavy atom. The van der Waals surface area contributed by atoms with E-state index >= 15 is 0 Å². The fourth-order valence-electron chi connectivity index (χ4n) is 2.82. The largest absolute Gasteiger partial charge is 0.352 e. The molecule has 2 atom stereocenters. The van der Waals surface area contributed by atoms with Gasteiger partial charge in [0.25, 0.3) is 0 Å². The van der Waals surface area contributed by atoms with E-state index < -0.39 is 0 Å². The van der Waals surface area contributed by atoms with Crippen LogP contribution in [0.3, 0.4) is 0 Å². The Morgan fingerprint density at radius 1 is 1.44 bits per heavy atom. The highest BCUT2D eigenvalue weighted by Gasteiger charge is 2.27. The maximum atomic E-state index is 5.92. The molecular formula is C13H20N4S. The van der Waals surface area contributed by atoms with Crippen molar-refractivity contribution < 1.29 is 0 Å². The number of hydrogen-bond acceptors (Lipinski definition) is 4. The molecule has 0 bridgehead atoms. The molecule has 2 N–H and O–H groups in total. The Morgan fingerprint density at radius 3 is 3.06 bits per heavy atom. The van der Waals surface area contributed by atoms with Gasteiger partial charge in [-0.2, -0.15) is 0 Å². The number of piperidine rings is 1. The third kappa shape index (κ3) is 1.82. The topological polar surface area (TPSA) is 46.6 Å². The summed E-state index contributed by atoms with van der Waals surface area (Å²) in [5.41, 5.74) is 7.07. The molecule has 0 saturated carbocycles. The molecule has 0 amide bonds. The van der Waals surface area contributed by atoms with E-state index in [1.165, 1.54) is 12.8 Å². The predicted molar refractivity (Wildman–Crippen MR) is 76.2 cm³/mol. The molecule has 0 radical (unpaired) electrons. The van der Waals surface area contributed by atoms with Gasteiger partial charge in [0, 0.05) is 30.7 Å². The van der Waals surface area contributed by atoms with Gasteiger partial charge < -0.3 is 10.6 Å². The highest BCUT2D eigenvalue weighted by molar-refractivity contribution is 7.15. The second-order valence-electron chi connectivity index (χ2n) is 5.33. The van der Waals surface area contributed by atoms with Gasteiger partial charge in [0.2, 0.25) is 0 Å². The molecule has 1 aliphatic heterocycles. The number of rotatable bonds is 2. The standard InChI is InChI=1S/C13H20N4S/c1-9-3-4-10(2)17(8-9)12-11(7-14)16-5-6-18-13(16)15-12/h5-6,9-10H,3-4,7-8,14H2,1-2H3. The van der Waals surface area contributed by atoms with Crippen LogP contribution in [0.5, 0.6) is 0 Å². The Bertz CT molecular complexity index is 544. The fraction of sp³-hybridized carbons (Fsp3) is 0.615. The second kappa shape index (κ2) is 4.55. The zero-order chi connectivity index (χ0) is 12.7. The minimum atomic E-state index is 0.546. The van der Waals surface area contributed by atoms with Crippen LogP contribution in [-0.4, -0.2) is 22.0 Å². The Balaban J connectivity index is 2.04. The average Bonchev–Trinajstić information content (AvgIpc) is 2.91. The first-order valence-corrected chi connectivity index (χ1v) is 7.49. The molecule has 4 nitrogen and oxygen atoms in total. The Kier molecular flexibility index (Phi) is 3.03. The Labute approximate surface area is 111 Å². The quantitative estimate of drug-likeness (QED) is 0.906. The molecule has 2 aromatic heterocycles. The van der Waals surface area contributed by atoms with Crippen molar-refractivity contribution in [2.24, 2.45) is 11.7 Å². The molecule has 2 aromatic rings. The summed E-state index contributed by atoms with van der Waals surface area (Å²) in [6.45, 7) is 6.25. The highest BCUT2D eigenvalue weighted by Crippen LogP contribution is 2.31. The van der Waals surface area contributed by atoms with Crippen molar-refractivity contribution in [2.75, 3.05) is 11.4 Å². The lowest BCUT2D eigenvalue weighted by Crippen LogP contribution is -2.42. The minimum absolute atomic E-state index is 0.546. The number of imidazole rings is 1. The summed E-state index contributed by atoms with van der Waals surface area (Å²) in [6, 6.07) is 0.566. The lowest BCUT2D eigenvalue weighted by atomic mass is 9.95. The van der Waals surface area contributed by atoms with Gasteiger partial charge in [-0.25, -0.2) is 4.98 Å². The average molecular weight is 264 g/mol. The van der Waals surface area contributed by atoms with Gasteiger partial charge in [-0.1, -0.05) is 6.92 Å². The molecule has 1 fully saturated rings. The summed E-state index contributed by atoms with van der Waals surface area (Å²) in [4.78, 5) is 8.27. The number of anilines is 1. The molecule has 2 unspecified atom stereocenters. The van der Waals surface area contributed by atoms with E-state index in [0.717, 1.165) is 28.9 Å². The summed E-state index contributed by atoms with van der Waals surface area (Å²) < 4.78 is 2.13. The Hall–Kier alpha value is -1.07. The zero-order valence-corrected chi connectivity index (χ0v) is 11.8. The third-order valence-corrected chi connectivity index (χ3v) is 4.68. The first-order valence-electron chi connectivity index (χ1n) is 6.62. The van der Waals surface area contributed by atoms with Crippen LogP contribution in [-0.2, 0) is 6.54 Å². The monoisotopic (exact) mass is 264 g/mol. The molecule has 0 spiro atoms. The summed E-state index contributed by atoms with van der Waals surface area (Å²) in [5, 5.41) is 2.06. The van der Waals surface area contributed by atoms with Crippen LogP contribution in [0.4, 0.5) is 5.82 Å². The van der Waals surface area contributed by atoms with Gasteiger partial charge in [-0.05, 0) is 25.7 Å². The first kappa shape index (κ1) is 12.0. The van der Waals surface area contributed by atoms with E-state index in [2.05, 4.69) is 34.7 Å². The van der Waals surface area contributed by atoms with Crippen molar-refractivity contribution in [3.63, 3.8) is 0 Å². The van der Waals surface area contributed by atoms with Crippen LogP contribution in [0.2, 0.25) is 0 Å². The maximum Gasteiger partial charge on any atom is 0.195 e. The third-order valence-electron chi connectivity index (χ3n) is 3.92. The molecule has 3 heterocycles. The van der Waals surface area contributed by atoms with Crippen molar-refractivity contribution in [2.45, 2.75) is 39.3 Å². The van der Waals surface area contributed by atoms with Gasteiger partial charge in [0.05, 0.1) is 5.69 Å². The van der Waals surface area contributed by atoms with Crippen LogP contribution < -0.4 is 10.6 Å². The predicted octanol–water partition coefficient (Wildman–Crippen LogP) is 2.48. The number of thiazole rings is 1. The molecule has 18 heavy (non-hydrogen) atoms. The number of aromatic nitrogens is 2. The van der Waals surface area contributed by atoms with E-state index in [4.69, 9.17) is 10.7 Å². The molecule has 1 aliphatic rings. The van der Waals surface area contributed by atoms with Gasteiger partial charge >= 0.3 is 0 Å². The van der Waals surface area contributed by atoms with E-state index in [1.54, 1.807) is 11.3 Å². The van der Waals surface area contributed by atoms with Crippen LogP contribution in [0.15, 0.2) is 11.6 Å². The second-order valence-corrected chi connectivity index (χ2v) is 6.20. The van der Waals surface area contributed by atoms with E-state index in [0.29, 0.717) is 12.6 Å². The minimum Gasteiger partial charge on any atom is -0.352 e. The highest BCUT2D eigenvalue weighted by atomic mass is 32.1. The molecular weight excluding hydrogens is 244 g/mol. The molecule has 0 aliphatic carbocycles. The van der Waals surface area contributed by atoms with Gasteiger partial charge in [-0.3, -0.25) is 4.40 Å². The zero-order valence-electron chi connectivity index (χ0n) is 11.0. The number of fused-ring (bicyclic) bond motifs is 1. The number of hydrogen-bond donors (Lipinski definition) is 1. The summed E-state index contributed by atoms with van der Waals surface area (Å²) >= 11 is 1.67. The van der Waals surface area contributed by atoms with E-state index in [9.17, 15) is 0 Å². The van der Waals surface area contributed by atoms with Crippen LogP contribution >= 0.6 is 11.3 Å². The molecule has 0 aromatic carbocycles. The normalized spacial score (nSPS) is 24.9. The summed E-state index contributed by atoms with van der Waals surface area (Å²) in [6.07, 6.45) is 4.63. The lowest BCUT2D eigenvalue weighted by Gasteiger charge is -2.37.